The first-order chi connectivity index (χ1) is 11.1. The summed E-state index contributed by atoms with van der Waals surface area (Å²) >= 11 is 5.81. The summed E-state index contributed by atoms with van der Waals surface area (Å²) in [7, 11) is 0. The van der Waals surface area contributed by atoms with Gasteiger partial charge < -0.3 is 9.15 Å². The van der Waals surface area contributed by atoms with Crippen LogP contribution in [0.5, 0.6) is 0 Å². The van der Waals surface area contributed by atoms with E-state index in [9.17, 15) is 9.18 Å². The standard InChI is InChI=1S/C16H10ClFN2O3/c17-12-5-1-10(2-6-12)15-20-19-14(23-15)9-22-16(21)11-3-7-13(18)8-4-11/h1-8H,9H2. The number of rotatable bonds is 4. The molecule has 1 aromatic heterocycles. The molecule has 0 N–H and O–H groups in total. The Morgan fingerprint density at radius 2 is 1.78 bits per heavy atom. The minimum Gasteiger partial charge on any atom is -0.452 e. The van der Waals surface area contributed by atoms with E-state index in [1.165, 1.54) is 24.3 Å². The highest BCUT2D eigenvalue weighted by atomic mass is 35.5. The molecule has 116 valence electrons. The smallest absolute Gasteiger partial charge is 0.338 e. The van der Waals surface area contributed by atoms with Crippen molar-refractivity contribution in [2.45, 2.75) is 6.61 Å². The number of hydrogen-bond donors (Lipinski definition) is 0. The lowest BCUT2D eigenvalue weighted by molar-refractivity contribution is 0.0438. The fourth-order valence-corrected chi connectivity index (χ4v) is 1.94. The highest BCUT2D eigenvalue weighted by Crippen LogP contribution is 2.20. The van der Waals surface area contributed by atoms with Crippen LogP contribution in [0.15, 0.2) is 52.9 Å². The Balaban J connectivity index is 1.64. The second-order valence-corrected chi connectivity index (χ2v) is 5.03. The summed E-state index contributed by atoms with van der Waals surface area (Å²) < 4.78 is 23.3. The zero-order valence-electron chi connectivity index (χ0n) is 11.7. The van der Waals surface area contributed by atoms with Gasteiger partial charge in [0, 0.05) is 10.6 Å². The molecule has 0 spiro atoms. The Kier molecular flexibility index (Phi) is 4.34. The lowest BCUT2D eigenvalue weighted by Crippen LogP contribution is -2.05. The van der Waals surface area contributed by atoms with E-state index in [2.05, 4.69) is 10.2 Å². The highest BCUT2D eigenvalue weighted by Gasteiger charge is 2.12. The molecule has 0 aliphatic carbocycles. The van der Waals surface area contributed by atoms with Crippen LogP contribution in [0.4, 0.5) is 4.39 Å². The van der Waals surface area contributed by atoms with Crippen molar-refractivity contribution >= 4 is 17.6 Å². The Hall–Kier alpha value is -2.73. The zero-order chi connectivity index (χ0) is 16.2. The normalized spacial score (nSPS) is 10.5. The summed E-state index contributed by atoms with van der Waals surface area (Å²) in [5, 5.41) is 8.28. The van der Waals surface area contributed by atoms with E-state index in [4.69, 9.17) is 20.8 Å². The number of esters is 1. The summed E-state index contributed by atoms with van der Waals surface area (Å²) in [4.78, 5) is 11.8. The molecular weight excluding hydrogens is 323 g/mol. The number of carbonyl (C=O) groups is 1. The van der Waals surface area contributed by atoms with Crippen LogP contribution in [-0.4, -0.2) is 16.2 Å². The van der Waals surface area contributed by atoms with Crippen LogP contribution in [0, 0.1) is 5.82 Å². The Bertz CT molecular complexity index is 816. The van der Waals surface area contributed by atoms with Crippen molar-refractivity contribution in [2.75, 3.05) is 0 Å². The van der Waals surface area contributed by atoms with Crippen LogP contribution in [0.1, 0.15) is 16.2 Å². The second kappa shape index (κ2) is 6.58. The van der Waals surface area contributed by atoms with Crippen molar-refractivity contribution in [2.24, 2.45) is 0 Å². The van der Waals surface area contributed by atoms with Gasteiger partial charge >= 0.3 is 5.97 Å². The molecule has 3 rings (SSSR count). The van der Waals surface area contributed by atoms with E-state index in [-0.39, 0.29) is 18.1 Å². The van der Waals surface area contributed by atoms with Crippen LogP contribution in [0.2, 0.25) is 5.02 Å². The molecule has 2 aromatic carbocycles. The van der Waals surface area contributed by atoms with Gasteiger partial charge in [0.15, 0.2) is 6.61 Å². The van der Waals surface area contributed by atoms with Gasteiger partial charge in [-0.2, -0.15) is 0 Å². The fraction of sp³-hybridized carbons (Fsp3) is 0.0625. The number of hydrogen-bond acceptors (Lipinski definition) is 5. The van der Waals surface area contributed by atoms with E-state index in [0.717, 1.165) is 0 Å². The maximum Gasteiger partial charge on any atom is 0.338 e. The van der Waals surface area contributed by atoms with Crippen molar-refractivity contribution in [1.82, 2.24) is 10.2 Å². The number of nitrogens with zero attached hydrogens (tertiary/aromatic N) is 2. The first-order valence-corrected chi connectivity index (χ1v) is 7.00. The number of carbonyl (C=O) groups excluding carboxylic acids is 1. The van der Waals surface area contributed by atoms with Gasteiger partial charge in [-0.1, -0.05) is 11.6 Å². The topological polar surface area (TPSA) is 65.2 Å². The van der Waals surface area contributed by atoms with Crippen LogP contribution in [0.25, 0.3) is 11.5 Å². The molecular formula is C16H10ClFN2O3. The van der Waals surface area contributed by atoms with Gasteiger partial charge in [0.2, 0.25) is 5.89 Å². The SMILES string of the molecule is O=C(OCc1nnc(-c2ccc(Cl)cc2)o1)c1ccc(F)cc1. The van der Waals surface area contributed by atoms with Crippen LogP contribution < -0.4 is 0 Å². The van der Waals surface area contributed by atoms with Gasteiger partial charge in [-0.15, -0.1) is 10.2 Å². The second-order valence-electron chi connectivity index (χ2n) is 4.59. The third kappa shape index (κ3) is 3.73. The maximum atomic E-state index is 12.8. The minimum absolute atomic E-state index is 0.158. The molecule has 0 unspecified atom stereocenters. The van der Waals surface area contributed by atoms with Crippen molar-refractivity contribution in [3.8, 4) is 11.5 Å². The lowest BCUT2D eigenvalue weighted by atomic mass is 10.2. The van der Waals surface area contributed by atoms with Gasteiger partial charge in [-0.3, -0.25) is 0 Å². The molecule has 23 heavy (non-hydrogen) atoms. The monoisotopic (exact) mass is 332 g/mol. The van der Waals surface area contributed by atoms with Gasteiger partial charge in [0.25, 0.3) is 5.89 Å². The summed E-state index contributed by atoms with van der Waals surface area (Å²) in [6.07, 6.45) is 0. The summed E-state index contributed by atoms with van der Waals surface area (Å²) in [5.41, 5.74) is 0.946. The third-order valence-electron chi connectivity index (χ3n) is 2.96. The molecule has 5 nitrogen and oxygen atoms in total. The van der Waals surface area contributed by atoms with E-state index < -0.39 is 11.8 Å². The van der Waals surface area contributed by atoms with Gasteiger partial charge in [0.1, 0.15) is 5.82 Å². The number of aromatic nitrogens is 2. The molecule has 3 aromatic rings. The molecule has 0 saturated carbocycles. The lowest BCUT2D eigenvalue weighted by Gasteiger charge is -2.01. The van der Waals surface area contributed by atoms with E-state index >= 15 is 0 Å². The largest absolute Gasteiger partial charge is 0.452 e. The molecule has 0 radical (unpaired) electrons. The van der Waals surface area contributed by atoms with Crippen molar-refractivity contribution in [3.05, 3.63) is 70.8 Å². The molecule has 0 fully saturated rings. The Labute approximate surface area is 135 Å². The summed E-state index contributed by atoms with van der Waals surface area (Å²) in [5.74, 6) is -0.567. The molecule has 1 heterocycles. The van der Waals surface area contributed by atoms with Gasteiger partial charge in [-0.25, -0.2) is 9.18 Å². The molecule has 0 aliphatic rings. The van der Waals surface area contributed by atoms with Gasteiger partial charge in [-0.05, 0) is 48.5 Å². The first-order valence-electron chi connectivity index (χ1n) is 6.63. The van der Waals surface area contributed by atoms with E-state index in [1.54, 1.807) is 24.3 Å². The van der Waals surface area contributed by atoms with Crippen LogP contribution in [0.3, 0.4) is 0 Å². The van der Waals surface area contributed by atoms with Crippen LogP contribution in [-0.2, 0) is 11.3 Å². The van der Waals surface area contributed by atoms with Crippen molar-refractivity contribution in [1.29, 1.82) is 0 Å². The van der Waals surface area contributed by atoms with E-state index in [1.807, 2.05) is 0 Å². The first kappa shape index (κ1) is 15.2. The summed E-state index contributed by atoms with van der Waals surface area (Å²) in [6, 6.07) is 11.9. The molecule has 0 bridgehead atoms. The molecule has 0 saturated heterocycles. The molecule has 0 atom stereocenters. The highest BCUT2D eigenvalue weighted by molar-refractivity contribution is 6.30. The molecule has 7 heteroatoms. The number of benzene rings is 2. The third-order valence-corrected chi connectivity index (χ3v) is 3.22. The van der Waals surface area contributed by atoms with Crippen molar-refractivity contribution in [3.63, 3.8) is 0 Å². The minimum atomic E-state index is -0.601. The molecule has 0 amide bonds. The quantitative estimate of drug-likeness (QED) is 0.678. The fourth-order valence-electron chi connectivity index (χ4n) is 1.82. The average Bonchev–Trinajstić information content (AvgIpc) is 3.03. The van der Waals surface area contributed by atoms with Crippen LogP contribution >= 0.6 is 11.6 Å². The number of ether oxygens (including phenoxy) is 1. The number of halogens is 2. The zero-order valence-corrected chi connectivity index (χ0v) is 12.5. The predicted molar refractivity (Wildman–Crippen MR) is 80.3 cm³/mol. The van der Waals surface area contributed by atoms with E-state index in [0.29, 0.717) is 16.5 Å². The Morgan fingerprint density at radius 1 is 1.09 bits per heavy atom. The molecule has 0 aliphatic heterocycles. The maximum absolute atomic E-state index is 12.8. The van der Waals surface area contributed by atoms with Crippen molar-refractivity contribution < 1.29 is 18.3 Å². The predicted octanol–water partition coefficient (Wildman–Crippen LogP) is 3.89. The average molecular weight is 333 g/mol. The Morgan fingerprint density at radius 3 is 2.48 bits per heavy atom. The summed E-state index contributed by atoms with van der Waals surface area (Å²) in [6.45, 7) is -0.170. The van der Waals surface area contributed by atoms with Gasteiger partial charge in [0.05, 0.1) is 5.56 Å².